The van der Waals surface area contributed by atoms with Crippen LogP contribution < -0.4 is 5.32 Å². The van der Waals surface area contributed by atoms with Gasteiger partial charge in [-0.15, -0.1) is 0 Å². The molecule has 0 saturated heterocycles. The molecule has 0 rings (SSSR count). The molecule has 0 fully saturated rings. The lowest BCUT2D eigenvalue weighted by atomic mass is 10.4. The first-order chi connectivity index (χ1) is 5.27. The maximum atomic E-state index is 10.4. The predicted octanol–water partition coefficient (Wildman–Crippen LogP) is 1.64. The summed E-state index contributed by atoms with van der Waals surface area (Å²) in [6, 6.07) is 0. The minimum atomic E-state index is 0.00845. The van der Waals surface area contributed by atoms with Crippen LogP contribution in [0.3, 0.4) is 0 Å². The second-order valence-corrected chi connectivity index (χ2v) is 2.20. The number of amides is 1. The van der Waals surface area contributed by atoms with Gasteiger partial charge in [-0.05, 0) is 6.42 Å². The van der Waals surface area contributed by atoms with Crippen LogP contribution in [0.2, 0.25) is 0 Å². The number of nitrogens with one attached hydrogen (secondary N) is 1. The molecule has 0 atom stereocenters. The van der Waals surface area contributed by atoms with Crippen LogP contribution in [0, 0.1) is 0 Å². The van der Waals surface area contributed by atoms with E-state index in [1.54, 1.807) is 0 Å². The summed E-state index contributed by atoms with van der Waals surface area (Å²) < 4.78 is 0. The Hall–Kier alpha value is -1.05. The number of rotatable bonds is 4. The highest BCUT2D eigenvalue weighted by Gasteiger charge is 1.82. The maximum Gasteiger partial charge on any atom is 0.217 e. The van der Waals surface area contributed by atoms with E-state index in [-0.39, 0.29) is 5.91 Å². The fourth-order valence-corrected chi connectivity index (χ4v) is 0.564. The molecule has 2 nitrogen and oxygen atoms in total. The Kier molecular flexibility index (Phi) is 6.39. The van der Waals surface area contributed by atoms with Crippen LogP contribution in [0.1, 0.15) is 20.3 Å². The first-order valence-corrected chi connectivity index (χ1v) is 3.83. The van der Waals surface area contributed by atoms with E-state index in [1.165, 1.54) is 6.92 Å². The van der Waals surface area contributed by atoms with Crippen molar-refractivity contribution in [3.8, 4) is 0 Å². The molecule has 0 aliphatic rings. The van der Waals surface area contributed by atoms with Crippen LogP contribution in [0.4, 0.5) is 0 Å². The molecule has 0 aromatic heterocycles. The molecule has 11 heavy (non-hydrogen) atoms. The van der Waals surface area contributed by atoms with E-state index < -0.39 is 0 Å². The van der Waals surface area contributed by atoms with Gasteiger partial charge >= 0.3 is 0 Å². The number of allylic oxidation sites excluding steroid dienone is 3. The Morgan fingerprint density at radius 2 is 2.00 bits per heavy atom. The van der Waals surface area contributed by atoms with E-state index in [2.05, 4.69) is 18.3 Å². The van der Waals surface area contributed by atoms with Crippen molar-refractivity contribution < 1.29 is 4.79 Å². The number of carbonyl (C=O) groups is 1. The van der Waals surface area contributed by atoms with Gasteiger partial charge in [-0.3, -0.25) is 4.79 Å². The van der Waals surface area contributed by atoms with Crippen molar-refractivity contribution in [1.29, 1.82) is 0 Å². The highest BCUT2D eigenvalue weighted by atomic mass is 16.1. The lowest BCUT2D eigenvalue weighted by Crippen LogP contribution is -2.19. The minimum Gasteiger partial charge on any atom is -0.353 e. The summed E-state index contributed by atoms with van der Waals surface area (Å²) in [5.74, 6) is 0.00845. The van der Waals surface area contributed by atoms with Crippen LogP contribution in [0.15, 0.2) is 24.3 Å². The molecular formula is C9H15NO. The van der Waals surface area contributed by atoms with Crippen LogP contribution >= 0.6 is 0 Å². The van der Waals surface area contributed by atoms with Gasteiger partial charge in [-0.25, -0.2) is 0 Å². The molecule has 2 heteroatoms. The molecule has 0 radical (unpaired) electrons. The largest absolute Gasteiger partial charge is 0.353 e. The average molecular weight is 153 g/mol. The highest BCUT2D eigenvalue weighted by molar-refractivity contribution is 5.72. The molecule has 0 heterocycles. The topological polar surface area (TPSA) is 29.1 Å². The maximum absolute atomic E-state index is 10.4. The molecule has 0 bridgehead atoms. The third kappa shape index (κ3) is 8.95. The first kappa shape index (κ1) is 9.95. The van der Waals surface area contributed by atoms with Crippen molar-refractivity contribution in [3.63, 3.8) is 0 Å². The van der Waals surface area contributed by atoms with Gasteiger partial charge in [0.15, 0.2) is 0 Å². The molecular weight excluding hydrogens is 138 g/mol. The number of carbonyl (C=O) groups excluding carboxylic acids is 1. The van der Waals surface area contributed by atoms with E-state index in [0.29, 0.717) is 6.54 Å². The zero-order valence-electron chi connectivity index (χ0n) is 7.13. The average Bonchev–Trinajstić information content (AvgIpc) is 1.96. The van der Waals surface area contributed by atoms with Gasteiger partial charge in [0, 0.05) is 13.5 Å². The Morgan fingerprint density at radius 3 is 2.55 bits per heavy atom. The van der Waals surface area contributed by atoms with E-state index in [4.69, 9.17) is 0 Å². The van der Waals surface area contributed by atoms with Crippen molar-refractivity contribution in [1.82, 2.24) is 5.32 Å². The number of hydrogen-bond donors (Lipinski definition) is 1. The van der Waals surface area contributed by atoms with Gasteiger partial charge < -0.3 is 5.32 Å². The third-order valence-electron chi connectivity index (χ3n) is 1.09. The van der Waals surface area contributed by atoms with Crippen molar-refractivity contribution in [2.75, 3.05) is 6.54 Å². The fraction of sp³-hybridized carbons (Fsp3) is 0.444. The smallest absolute Gasteiger partial charge is 0.217 e. The Morgan fingerprint density at radius 1 is 1.36 bits per heavy atom. The third-order valence-corrected chi connectivity index (χ3v) is 1.09. The van der Waals surface area contributed by atoms with Crippen molar-refractivity contribution in [2.45, 2.75) is 20.3 Å². The summed E-state index contributed by atoms with van der Waals surface area (Å²) in [5.41, 5.74) is 0. The lowest BCUT2D eigenvalue weighted by molar-refractivity contribution is -0.118. The SMILES string of the molecule is CC/C=C/C=C/CNC(C)=O. The van der Waals surface area contributed by atoms with E-state index in [0.717, 1.165) is 6.42 Å². The van der Waals surface area contributed by atoms with Gasteiger partial charge in [0.25, 0.3) is 0 Å². The second-order valence-electron chi connectivity index (χ2n) is 2.20. The normalized spacial score (nSPS) is 11.1. The summed E-state index contributed by atoms with van der Waals surface area (Å²) in [5, 5.41) is 2.66. The van der Waals surface area contributed by atoms with Gasteiger partial charge in [-0.2, -0.15) is 0 Å². The Bertz CT molecular complexity index is 159. The van der Waals surface area contributed by atoms with Gasteiger partial charge in [0.05, 0.1) is 0 Å². The van der Waals surface area contributed by atoms with E-state index >= 15 is 0 Å². The fourth-order valence-electron chi connectivity index (χ4n) is 0.564. The Labute approximate surface area is 68.0 Å². The van der Waals surface area contributed by atoms with Crippen molar-refractivity contribution in [2.24, 2.45) is 0 Å². The summed E-state index contributed by atoms with van der Waals surface area (Å²) in [4.78, 5) is 10.4. The van der Waals surface area contributed by atoms with Gasteiger partial charge in [-0.1, -0.05) is 31.2 Å². The van der Waals surface area contributed by atoms with Crippen molar-refractivity contribution in [3.05, 3.63) is 24.3 Å². The van der Waals surface area contributed by atoms with Crippen LogP contribution in [-0.2, 0) is 4.79 Å². The Balaban J connectivity index is 3.30. The highest BCUT2D eigenvalue weighted by Crippen LogP contribution is 1.80. The molecule has 1 N–H and O–H groups in total. The zero-order valence-corrected chi connectivity index (χ0v) is 7.13. The van der Waals surface area contributed by atoms with Crippen LogP contribution in [-0.4, -0.2) is 12.5 Å². The quantitative estimate of drug-likeness (QED) is 0.611. The molecule has 0 aliphatic heterocycles. The summed E-state index contributed by atoms with van der Waals surface area (Å²) in [7, 11) is 0. The molecule has 0 aromatic carbocycles. The van der Waals surface area contributed by atoms with Gasteiger partial charge in [0.1, 0.15) is 0 Å². The van der Waals surface area contributed by atoms with Crippen LogP contribution in [0.25, 0.3) is 0 Å². The molecule has 62 valence electrons. The molecule has 0 saturated carbocycles. The second kappa shape index (κ2) is 7.06. The summed E-state index contributed by atoms with van der Waals surface area (Å²) >= 11 is 0. The van der Waals surface area contributed by atoms with E-state index in [9.17, 15) is 4.79 Å². The summed E-state index contributed by atoms with van der Waals surface area (Å²) in [6.07, 6.45) is 8.92. The summed E-state index contributed by atoms with van der Waals surface area (Å²) in [6.45, 7) is 4.21. The first-order valence-electron chi connectivity index (χ1n) is 3.83. The minimum absolute atomic E-state index is 0.00845. The molecule has 0 unspecified atom stereocenters. The lowest BCUT2D eigenvalue weighted by Gasteiger charge is -1.92. The molecule has 0 aromatic rings. The number of hydrogen-bond acceptors (Lipinski definition) is 1. The predicted molar refractivity (Wildman–Crippen MR) is 47.3 cm³/mol. The van der Waals surface area contributed by atoms with E-state index in [1.807, 2.05) is 18.2 Å². The molecule has 0 spiro atoms. The molecule has 0 aliphatic carbocycles. The van der Waals surface area contributed by atoms with Gasteiger partial charge in [0.2, 0.25) is 5.91 Å². The monoisotopic (exact) mass is 153 g/mol. The van der Waals surface area contributed by atoms with Crippen molar-refractivity contribution >= 4 is 5.91 Å². The van der Waals surface area contributed by atoms with Crippen LogP contribution in [0.5, 0.6) is 0 Å². The zero-order chi connectivity index (χ0) is 8.53. The standard InChI is InChI=1S/C9H15NO/c1-3-4-5-6-7-8-10-9(2)11/h4-7H,3,8H2,1-2H3,(H,10,11)/b5-4+,7-6+. The molecule has 1 amide bonds.